The number of aliphatic hydroxyl groups excluding tert-OH is 1. The number of rotatable bonds is 5. The van der Waals surface area contributed by atoms with Crippen molar-refractivity contribution in [1.82, 2.24) is 0 Å². The lowest BCUT2D eigenvalue weighted by Crippen LogP contribution is -2.18. The van der Waals surface area contributed by atoms with Crippen molar-refractivity contribution in [2.75, 3.05) is 13.2 Å². The summed E-state index contributed by atoms with van der Waals surface area (Å²) in [4.78, 5) is 0. The van der Waals surface area contributed by atoms with E-state index >= 15 is 0 Å². The van der Waals surface area contributed by atoms with Crippen molar-refractivity contribution in [3.05, 3.63) is 42.0 Å². The maximum absolute atomic E-state index is 11.9. The van der Waals surface area contributed by atoms with Gasteiger partial charge in [0.25, 0.3) is 0 Å². The Bertz CT molecular complexity index is 609. The molecule has 2 aromatic rings. The van der Waals surface area contributed by atoms with Gasteiger partial charge in [0.2, 0.25) is 0 Å². The zero-order chi connectivity index (χ0) is 15.5. The van der Waals surface area contributed by atoms with Crippen LogP contribution in [0.3, 0.4) is 0 Å². The molecule has 1 N–H and O–H groups in total. The Balaban J connectivity index is 2.21. The topological polar surface area (TPSA) is 38.7 Å². The fourth-order valence-corrected chi connectivity index (χ4v) is 2.05. The minimum atomic E-state index is -4.67. The summed E-state index contributed by atoms with van der Waals surface area (Å²) in [5.41, 5.74) is 0.528. The largest absolute Gasteiger partial charge is 0.522 e. The van der Waals surface area contributed by atoms with Gasteiger partial charge in [0.15, 0.2) is 0 Å². The van der Waals surface area contributed by atoms with Crippen molar-refractivity contribution in [1.29, 1.82) is 0 Å². The molecule has 0 spiro atoms. The van der Waals surface area contributed by atoms with Crippen LogP contribution in [0.5, 0.6) is 5.75 Å². The molecule has 0 radical (unpaired) electrons. The highest BCUT2D eigenvalue weighted by Gasteiger charge is 2.28. The molecule has 0 amide bonds. The van der Waals surface area contributed by atoms with Gasteiger partial charge in [0.1, 0.15) is 12.4 Å². The Morgan fingerprint density at radius 1 is 1.10 bits per heavy atom. The van der Waals surface area contributed by atoms with Crippen LogP contribution < -0.4 is 4.74 Å². The molecular formula is C15H15F3O3. The average Bonchev–Trinajstić information content (AvgIpc) is 2.42. The standard InChI is InChI=1S/C15H15F3O3/c1-10(19)12-7-6-11-4-2-3-5-13(11)14(12)20-8-9-21-15(16,17)18/h2-7,10,19H,8-9H2,1H3. The zero-order valence-electron chi connectivity index (χ0n) is 11.4. The minimum Gasteiger partial charge on any atom is -0.490 e. The van der Waals surface area contributed by atoms with Gasteiger partial charge in [0, 0.05) is 10.9 Å². The van der Waals surface area contributed by atoms with Crippen molar-refractivity contribution >= 4 is 10.8 Å². The summed E-state index contributed by atoms with van der Waals surface area (Å²) < 4.78 is 44.9. The van der Waals surface area contributed by atoms with E-state index in [4.69, 9.17) is 4.74 Å². The molecule has 6 heteroatoms. The number of halogens is 3. The Kier molecular flexibility index (Phi) is 4.69. The second kappa shape index (κ2) is 6.32. The van der Waals surface area contributed by atoms with E-state index in [0.29, 0.717) is 11.3 Å². The highest BCUT2D eigenvalue weighted by Crippen LogP contribution is 2.33. The van der Waals surface area contributed by atoms with Crippen LogP contribution in [0.25, 0.3) is 10.8 Å². The van der Waals surface area contributed by atoms with Crippen LogP contribution in [0.4, 0.5) is 13.2 Å². The normalized spacial score (nSPS) is 13.4. The average molecular weight is 300 g/mol. The van der Waals surface area contributed by atoms with E-state index in [1.807, 2.05) is 18.2 Å². The van der Waals surface area contributed by atoms with Gasteiger partial charge >= 0.3 is 6.36 Å². The minimum absolute atomic E-state index is 0.257. The molecule has 0 aliphatic carbocycles. The summed E-state index contributed by atoms with van der Waals surface area (Å²) in [5.74, 6) is 0.383. The van der Waals surface area contributed by atoms with Crippen molar-refractivity contribution in [3.8, 4) is 5.75 Å². The Labute approximate surface area is 119 Å². The number of hydrogen-bond donors (Lipinski definition) is 1. The van der Waals surface area contributed by atoms with Gasteiger partial charge in [-0.25, -0.2) is 0 Å². The molecule has 0 saturated heterocycles. The fraction of sp³-hybridized carbons (Fsp3) is 0.333. The van der Waals surface area contributed by atoms with E-state index in [1.54, 1.807) is 25.1 Å². The van der Waals surface area contributed by atoms with Gasteiger partial charge in [-0.1, -0.05) is 36.4 Å². The van der Waals surface area contributed by atoms with Gasteiger partial charge < -0.3 is 9.84 Å². The quantitative estimate of drug-likeness (QED) is 0.853. The van der Waals surface area contributed by atoms with E-state index in [1.165, 1.54) is 0 Å². The molecule has 21 heavy (non-hydrogen) atoms. The Morgan fingerprint density at radius 3 is 2.48 bits per heavy atom. The predicted molar refractivity (Wildman–Crippen MR) is 72.1 cm³/mol. The molecule has 0 bridgehead atoms. The van der Waals surface area contributed by atoms with Gasteiger partial charge in [0.05, 0.1) is 12.7 Å². The lowest BCUT2D eigenvalue weighted by Gasteiger charge is -2.16. The summed E-state index contributed by atoms with van der Waals surface area (Å²) in [6.07, 6.45) is -5.46. The van der Waals surface area contributed by atoms with Crippen LogP contribution in [-0.4, -0.2) is 24.7 Å². The van der Waals surface area contributed by atoms with Crippen molar-refractivity contribution in [2.24, 2.45) is 0 Å². The number of benzene rings is 2. The third-order valence-corrected chi connectivity index (χ3v) is 2.96. The summed E-state index contributed by atoms with van der Waals surface area (Å²) in [6.45, 7) is 0.711. The van der Waals surface area contributed by atoms with E-state index in [9.17, 15) is 18.3 Å². The molecular weight excluding hydrogens is 285 g/mol. The van der Waals surface area contributed by atoms with Gasteiger partial charge in [-0.15, -0.1) is 13.2 Å². The molecule has 0 aliphatic heterocycles. The monoisotopic (exact) mass is 300 g/mol. The van der Waals surface area contributed by atoms with Crippen LogP contribution in [0.15, 0.2) is 36.4 Å². The first-order valence-electron chi connectivity index (χ1n) is 6.41. The van der Waals surface area contributed by atoms with Crippen LogP contribution >= 0.6 is 0 Å². The fourth-order valence-electron chi connectivity index (χ4n) is 2.05. The van der Waals surface area contributed by atoms with Crippen LogP contribution in [0, 0.1) is 0 Å². The number of hydrogen-bond acceptors (Lipinski definition) is 3. The number of ether oxygens (including phenoxy) is 2. The zero-order valence-corrected chi connectivity index (χ0v) is 11.4. The van der Waals surface area contributed by atoms with Crippen LogP contribution in [0.1, 0.15) is 18.6 Å². The van der Waals surface area contributed by atoms with Crippen molar-refractivity contribution < 1.29 is 27.8 Å². The lowest BCUT2D eigenvalue weighted by molar-refractivity contribution is -0.325. The molecule has 114 valence electrons. The van der Waals surface area contributed by atoms with Crippen molar-refractivity contribution in [2.45, 2.75) is 19.4 Å². The number of fused-ring (bicyclic) bond motifs is 1. The molecule has 0 aromatic heterocycles. The molecule has 2 rings (SSSR count). The molecule has 2 aromatic carbocycles. The Morgan fingerprint density at radius 2 is 1.81 bits per heavy atom. The number of aliphatic hydroxyl groups is 1. The van der Waals surface area contributed by atoms with E-state index in [2.05, 4.69) is 4.74 Å². The maximum Gasteiger partial charge on any atom is 0.522 e. The predicted octanol–water partition coefficient (Wildman–Crippen LogP) is 3.81. The van der Waals surface area contributed by atoms with Gasteiger partial charge in [-0.3, -0.25) is 4.74 Å². The van der Waals surface area contributed by atoms with E-state index in [-0.39, 0.29) is 6.61 Å². The number of alkyl halides is 3. The lowest BCUT2D eigenvalue weighted by atomic mass is 10.0. The van der Waals surface area contributed by atoms with Crippen molar-refractivity contribution in [3.63, 3.8) is 0 Å². The summed E-state index contributed by atoms with van der Waals surface area (Å²) >= 11 is 0. The van der Waals surface area contributed by atoms with Crippen LogP contribution in [-0.2, 0) is 4.74 Å². The molecule has 1 unspecified atom stereocenters. The molecule has 0 fully saturated rings. The summed E-state index contributed by atoms with van der Waals surface area (Å²) in [7, 11) is 0. The molecule has 0 heterocycles. The van der Waals surface area contributed by atoms with E-state index < -0.39 is 19.1 Å². The van der Waals surface area contributed by atoms with E-state index in [0.717, 1.165) is 10.8 Å². The molecule has 3 nitrogen and oxygen atoms in total. The summed E-state index contributed by atoms with van der Waals surface area (Å²) in [6, 6.07) is 10.8. The SMILES string of the molecule is CC(O)c1ccc2ccccc2c1OCCOC(F)(F)F. The van der Waals surface area contributed by atoms with Gasteiger partial charge in [-0.05, 0) is 12.3 Å². The third kappa shape index (κ3) is 4.09. The first kappa shape index (κ1) is 15.6. The second-order valence-corrected chi connectivity index (χ2v) is 4.52. The third-order valence-electron chi connectivity index (χ3n) is 2.96. The summed E-state index contributed by atoms with van der Waals surface area (Å²) in [5, 5.41) is 11.4. The van der Waals surface area contributed by atoms with Crippen LogP contribution in [0.2, 0.25) is 0 Å². The highest BCUT2D eigenvalue weighted by molar-refractivity contribution is 5.89. The second-order valence-electron chi connectivity index (χ2n) is 4.52. The van der Waals surface area contributed by atoms with Gasteiger partial charge in [-0.2, -0.15) is 0 Å². The highest BCUT2D eigenvalue weighted by atomic mass is 19.4. The maximum atomic E-state index is 11.9. The molecule has 1 atom stereocenters. The molecule has 0 saturated carbocycles. The first-order valence-corrected chi connectivity index (χ1v) is 6.41. The smallest absolute Gasteiger partial charge is 0.490 e. The molecule has 0 aliphatic rings. The Hall–Kier alpha value is -1.79. The first-order chi connectivity index (χ1) is 9.88.